The molecule has 30 heavy (non-hydrogen) atoms. The van der Waals surface area contributed by atoms with Gasteiger partial charge in [-0.05, 0) is 47.5 Å². The third-order valence-electron chi connectivity index (χ3n) is 5.54. The van der Waals surface area contributed by atoms with E-state index in [4.69, 9.17) is 4.74 Å². The van der Waals surface area contributed by atoms with Crippen LogP contribution in [-0.4, -0.2) is 17.6 Å². The lowest BCUT2D eigenvalue weighted by Gasteiger charge is -2.09. The molecule has 2 heterocycles. The summed E-state index contributed by atoms with van der Waals surface area (Å²) in [5, 5.41) is 9.03. The highest BCUT2D eigenvalue weighted by molar-refractivity contribution is 6.08. The molecule has 5 aromatic rings. The number of nitrogens with zero attached hydrogens (tertiary/aromatic N) is 2. The highest BCUT2D eigenvalue weighted by atomic mass is 16.5. The molecular formula is C26H19N3O. The van der Waals surface area contributed by atoms with Crippen molar-refractivity contribution in [1.29, 1.82) is 0 Å². The number of fused-ring (bicyclic) bond motifs is 3. The molecule has 0 saturated carbocycles. The van der Waals surface area contributed by atoms with Gasteiger partial charge in [0, 0.05) is 27.4 Å². The van der Waals surface area contributed by atoms with Gasteiger partial charge in [-0.15, -0.1) is 5.10 Å². The van der Waals surface area contributed by atoms with Crippen LogP contribution in [0.4, 0.5) is 5.69 Å². The molecule has 0 saturated heterocycles. The molecule has 4 nitrogen and oxygen atoms in total. The smallest absolute Gasteiger partial charge is 0.240 e. The van der Waals surface area contributed by atoms with E-state index in [-0.39, 0.29) is 0 Å². The SMILES string of the molecule is c1ccc(N2COC(c3cccc(-c4ccc5c(c4)[nH]c4ccccc45)c3)=N2)cc1. The molecule has 0 fully saturated rings. The summed E-state index contributed by atoms with van der Waals surface area (Å²) in [6.07, 6.45) is 0. The van der Waals surface area contributed by atoms with Gasteiger partial charge >= 0.3 is 0 Å². The molecule has 4 aromatic carbocycles. The number of aromatic amines is 1. The van der Waals surface area contributed by atoms with E-state index in [1.54, 1.807) is 0 Å². The zero-order valence-electron chi connectivity index (χ0n) is 16.2. The molecule has 0 atom stereocenters. The lowest BCUT2D eigenvalue weighted by molar-refractivity contribution is 0.338. The average molecular weight is 389 g/mol. The molecule has 1 aromatic heterocycles. The van der Waals surface area contributed by atoms with Gasteiger partial charge in [0.25, 0.3) is 0 Å². The van der Waals surface area contributed by atoms with Crippen molar-refractivity contribution in [2.75, 3.05) is 11.7 Å². The summed E-state index contributed by atoms with van der Waals surface area (Å²) in [7, 11) is 0. The quantitative estimate of drug-likeness (QED) is 0.402. The number of hydrogen-bond donors (Lipinski definition) is 1. The standard InChI is InChI=1S/C26H19N3O/c1-2-9-21(10-3-1)29-17-30-26(28-29)20-8-6-7-18(15-20)19-13-14-23-22-11-4-5-12-24(22)27-25(23)16-19/h1-16,27H,17H2. The van der Waals surface area contributed by atoms with Gasteiger partial charge in [-0.1, -0.05) is 60.7 Å². The van der Waals surface area contributed by atoms with Crippen molar-refractivity contribution in [2.24, 2.45) is 5.10 Å². The van der Waals surface area contributed by atoms with Crippen LogP contribution >= 0.6 is 0 Å². The summed E-state index contributed by atoms with van der Waals surface area (Å²) in [6, 6.07) is 33.4. The molecule has 0 radical (unpaired) electrons. The van der Waals surface area contributed by atoms with E-state index in [1.165, 1.54) is 10.8 Å². The second-order valence-electron chi connectivity index (χ2n) is 7.43. The molecule has 0 amide bonds. The second-order valence-corrected chi connectivity index (χ2v) is 7.43. The summed E-state index contributed by atoms with van der Waals surface area (Å²) >= 11 is 0. The monoisotopic (exact) mass is 389 g/mol. The Hall–Kier alpha value is -4.05. The van der Waals surface area contributed by atoms with Crippen LogP contribution in [0.5, 0.6) is 0 Å². The largest absolute Gasteiger partial charge is 0.453 e. The number of anilines is 1. The van der Waals surface area contributed by atoms with Gasteiger partial charge < -0.3 is 9.72 Å². The highest BCUT2D eigenvalue weighted by Gasteiger charge is 2.19. The van der Waals surface area contributed by atoms with E-state index >= 15 is 0 Å². The van der Waals surface area contributed by atoms with Gasteiger partial charge in [0.1, 0.15) is 0 Å². The summed E-state index contributed by atoms with van der Waals surface area (Å²) < 4.78 is 5.88. The number of aromatic nitrogens is 1. The molecule has 6 rings (SSSR count). The molecule has 4 heteroatoms. The van der Waals surface area contributed by atoms with Gasteiger partial charge in [-0.3, -0.25) is 0 Å². The predicted molar refractivity (Wildman–Crippen MR) is 123 cm³/mol. The number of benzene rings is 4. The van der Waals surface area contributed by atoms with Crippen LogP contribution < -0.4 is 5.01 Å². The molecule has 1 N–H and O–H groups in total. The minimum Gasteiger partial charge on any atom is -0.453 e. The van der Waals surface area contributed by atoms with Crippen LogP contribution in [-0.2, 0) is 4.74 Å². The summed E-state index contributed by atoms with van der Waals surface area (Å²) in [6.45, 7) is 0.421. The van der Waals surface area contributed by atoms with E-state index in [0.717, 1.165) is 33.4 Å². The van der Waals surface area contributed by atoms with Crippen molar-refractivity contribution in [2.45, 2.75) is 0 Å². The number of H-pyrrole nitrogens is 1. The van der Waals surface area contributed by atoms with Gasteiger partial charge in [0.15, 0.2) is 6.73 Å². The number of hydrazone groups is 1. The van der Waals surface area contributed by atoms with Crippen LogP contribution in [0, 0.1) is 0 Å². The van der Waals surface area contributed by atoms with Crippen LogP contribution in [0.3, 0.4) is 0 Å². The van der Waals surface area contributed by atoms with Gasteiger partial charge in [-0.25, -0.2) is 5.01 Å². The molecule has 0 unspecified atom stereocenters. The third kappa shape index (κ3) is 2.81. The Labute approximate surface area is 174 Å². The van der Waals surface area contributed by atoms with Crippen LogP contribution in [0.15, 0.2) is 102 Å². The van der Waals surface area contributed by atoms with Gasteiger partial charge in [-0.2, -0.15) is 0 Å². The first-order chi connectivity index (χ1) is 14.8. The first-order valence-electron chi connectivity index (χ1n) is 10.0. The molecule has 0 spiro atoms. The summed E-state index contributed by atoms with van der Waals surface area (Å²) in [4.78, 5) is 3.53. The maximum atomic E-state index is 5.88. The topological polar surface area (TPSA) is 40.6 Å². The van der Waals surface area contributed by atoms with Crippen LogP contribution in [0.1, 0.15) is 5.56 Å². The van der Waals surface area contributed by atoms with E-state index in [1.807, 2.05) is 41.4 Å². The fraction of sp³-hybridized carbons (Fsp3) is 0.0385. The van der Waals surface area contributed by atoms with E-state index in [0.29, 0.717) is 12.6 Å². The Morgan fingerprint density at radius 3 is 2.37 bits per heavy atom. The molecule has 0 aliphatic carbocycles. The maximum absolute atomic E-state index is 5.88. The van der Waals surface area contributed by atoms with Gasteiger partial charge in [0.2, 0.25) is 5.90 Å². The maximum Gasteiger partial charge on any atom is 0.240 e. The molecule has 144 valence electrons. The zero-order chi connectivity index (χ0) is 19.9. The number of hydrogen-bond acceptors (Lipinski definition) is 3. The lowest BCUT2D eigenvalue weighted by Crippen LogP contribution is -2.12. The Morgan fingerprint density at radius 1 is 0.667 bits per heavy atom. The Bertz CT molecular complexity index is 1400. The average Bonchev–Trinajstić information content (AvgIpc) is 3.44. The summed E-state index contributed by atoms with van der Waals surface area (Å²) in [5.74, 6) is 0.646. The lowest BCUT2D eigenvalue weighted by atomic mass is 10.0. The second kappa shape index (κ2) is 6.78. The van der Waals surface area contributed by atoms with Crippen LogP contribution in [0.2, 0.25) is 0 Å². The normalized spacial score (nSPS) is 13.6. The fourth-order valence-electron chi connectivity index (χ4n) is 4.03. The molecule has 0 bridgehead atoms. The molecular weight excluding hydrogens is 370 g/mol. The Balaban J connectivity index is 1.36. The number of nitrogens with one attached hydrogen (secondary N) is 1. The number of rotatable bonds is 3. The van der Waals surface area contributed by atoms with Crippen molar-refractivity contribution >= 4 is 33.4 Å². The predicted octanol–water partition coefficient (Wildman–Crippen LogP) is 6.14. The fourth-order valence-corrected chi connectivity index (χ4v) is 4.03. The number of ether oxygens (including phenoxy) is 1. The van der Waals surface area contributed by atoms with Gasteiger partial charge in [0.05, 0.1) is 5.69 Å². The van der Waals surface area contributed by atoms with Crippen molar-refractivity contribution in [3.63, 3.8) is 0 Å². The Morgan fingerprint density at radius 2 is 1.43 bits per heavy atom. The number of para-hydroxylation sites is 2. The third-order valence-corrected chi connectivity index (χ3v) is 5.54. The van der Waals surface area contributed by atoms with E-state index < -0.39 is 0 Å². The first-order valence-corrected chi connectivity index (χ1v) is 10.0. The van der Waals surface area contributed by atoms with E-state index in [9.17, 15) is 0 Å². The van der Waals surface area contributed by atoms with Crippen molar-refractivity contribution in [3.8, 4) is 11.1 Å². The first kappa shape index (κ1) is 16.9. The van der Waals surface area contributed by atoms with Crippen molar-refractivity contribution in [1.82, 2.24) is 4.98 Å². The molecule has 1 aliphatic rings. The minimum absolute atomic E-state index is 0.421. The van der Waals surface area contributed by atoms with Crippen molar-refractivity contribution < 1.29 is 4.74 Å². The highest BCUT2D eigenvalue weighted by Crippen LogP contribution is 2.30. The summed E-state index contributed by atoms with van der Waals surface area (Å²) in [5.41, 5.74) is 6.60. The van der Waals surface area contributed by atoms with Crippen LogP contribution in [0.25, 0.3) is 32.9 Å². The van der Waals surface area contributed by atoms with E-state index in [2.05, 4.69) is 70.7 Å². The minimum atomic E-state index is 0.421. The zero-order valence-corrected chi connectivity index (χ0v) is 16.2. The van der Waals surface area contributed by atoms with Crippen molar-refractivity contribution in [3.05, 3.63) is 103 Å². The Kier molecular flexibility index (Phi) is 3.81. The molecule has 1 aliphatic heterocycles.